The smallest absolute Gasteiger partial charge is 0.122 e. The first-order valence-electron chi connectivity index (χ1n) is 6.93. The molecule has 2 saturated heterocycles. The largest absolute Gasteiger partial charge is 0.360 e. The fourth-order valence-electron chi connectivity index (χ4n) is 3.01. The summed E-state index contributed by atoms with van der Waals surface area (Å²) < 4.78 is 6.07. The van der Waals surface area contributed by atoms with Crippen LogP contribution in [0, 0.1) is 0 Å². The van der Waals surface area contributed by atoms with Crippen molar-refractivity contribution in [1.82, 2.24) is 10.2 Å². The molecule has 1 atom stereocenters. The summed E-state index contributed by atoms with van der Waals surface area (Å²) in [4.78, 5) is 2.38. The van der Waals surface area contributed by atoms with E-state index < -0.39 is 0 Å². The number of nitrogens with zero attached hydrogens (tertiary/aromatic N) is 1. The Balaban J connectivity index is 1.72. The van der Waals surface area contributed by atoms with E-state index in [0.717, 1.165) is 39.0 Å². The number of piperidine rings is 1. The molecule has 0 bridgehead atoms. The SMILES string of the molecule is CN1CCC2(CC1)NC(c1ccccc1)CCO2. The van der Waals surface area contributed by atoms with Crippen molar-refractivity contribution in [3.8, 4) is 0 Å². The molecule has 1 spiro atoms. The minimum Gasteiger partial charge on any atom is -0.360 e. The third-order valence-electron chi connectivity index (χ3n) is 4.22. The van der Waals surface area contributed by atoms with Gasteiger partial charge < -0.3 is 9.64 Å². The fourth-order valence-corrected chi connectivity index (χ4v) is 3.01. The molecule has 1 aromatic carbocycles. The normalized spacial score (nSPS) is 28.4. The molecule has 2 aliphatic heterocycles. The molecule has 1 unspecified atom stereocenters. The highest BCUT2D eigenvalue weighted by Crippen LogP contribution is 2.32. The van der Waals surface area contributed by atoms with Crippen molar-refractivity contribution in [2.45, 2.75) is 31.0 Å². The zero-order valence-electron chi connectivity index (χ0n) is 11.1. The molecule has 3 rings (SSSR count). The van der Waals surface area contributed by atoms with Crippen LogP contribution < -0.4 is 5.32 Å². The van der Waals surface area contributed by atoms with Crippen LogP contribution in [0.25, 0.3) is 0 Å². The Morgan fingerprint density at radius 2 is 1.94 bits per heavy atom. The molecule has 18 heavy (non-hydrogen) atoms. The average molecular weight is 246 g/mol. The first-order chi connectivity index (χ1) is 8.77. The van der Waals surface area contributed by atoms with E-state index in [1.165, 1.54) is 5.56 Å². The second kappa shape index (κ2) is 5.00. The van der Waals surface area contributed by atoms with E-state index in [4.69, 9.17) is 4.74 Å². The van der Waals surface area contributed by atoms with Crippen molar-refractivity contribution in [3.63, 3.8) is 0 Å². The molecule has 3 heteroatoms. The van der Waals surface area contributed by atoms with Gasteiger partial charge in [-0.1, -0.05) is 30.3 Å². The molecule has 2 heterocycles. The molecule has 0 saturated carbocycles. The third kappa shape index (κ3) is 2.44. The maximum atomic E-state index is 6.07. The van der Waals surface area contributed by atoms with Crippen LogP contribution in [0.1, 0.15) is 30.9 Å². The first-order valence-corrected chi connectivity index (χ1v) is 6.93. The van der Waals surface area contributed by atoms with Gasteiger partial charge in [-0.3, -0.25) is 5.32 Å². The van der Waals surface area contributed by atoms with Crippen LogP contribution in [0.5, 0.6) is 0 Å². The zero-order chi connectivity index (χ0) is 12.4. The van der Waals surface area contributed by atoms with Gasteiger partial charge in [0.05, 0.1) is 6.61 Å². The van der Waals surface area contributed by atoms with Crippen LogP contribution in [0.4, 0.5) is 0 Å². The van der Waals surface area contributed by atoms with Crippen molar-refractivity contribution < 1.29 is 4.74 Å². The molecule has 2 aliphatic rings. The molecule has 0 aromatic heterocycles. The Kier molecular flexibility index (Phi) is 3.37. The van der Waals surface area contributed by atoms with Gasteiger partial charge in [0.15, 0.2) is 0 Å². The van der Waals surface area contributed by atoms with Crippen molar-refractivity contribution in [1.29, 1.82) is 0 Å². The number of benzene rings is 1. The summed E-state index contributed by atoms with van der Waals surface area (Å²) in [6, 6.07) is 11.2. The minimum absolute atomic E-state index is 0.0781. The summed E-state index contributed by atoms with van der Waals surface area (Å²) in [5.74, 6) is 0. The van der Waals surface area contributed by atoms with E-state index in [0.29, 0.717) is 6.04 Å². The number of nitrogens with one attached hydrogen (secondary N) is 1. The van der Waals surface area contributed by atoms with E-state index in [1.54, 1.807) is 0 Å². The quantitative estimate of drug-likeness (QED) is 0.822. The van der Waals surface area contributed by atoms with Gasteiger partial charge in [-0.2, -0.15) is 0 Å². The van der Waals surface area contributed by atoms with Gasteiger partial charge in [0, 0.05) is 32.0 Å². The third-order valence-corrected chi connectivity index (χ3v) is 4.22. The van der Waals surface area contributed by atoms with E-state index in [2.05, 4.69) is 47.6 Å². The lowest BCUT2D eigenvalue weighted by Gasteiger charge is -2.46. The van der Waals surface area contributed by atoms with E-state index in [1.807, 2.05) is 0 Å². The van der Waals surface area contributed by atoms with Crippen molar-refractivity contribution in [2.24, 2.45) is 0 Å². The summed E-state index contributed by atoms with van der Waals surface area (Å²) in [6.45, 7) is 3.11. The molecule has 2 fully saturated rings. The molecular formula is C15H22N2O. The number of rotatable bonds is 1. The van der Waals surface area contributed by atoms with Crippen LogP contribution in [0.15, 0.2) is 30.3 Å². The van der Waals surface area contributed by atoms with Crippen LogP contribution >= 0.6 is 0 Å². The van der Waals surface area contributed by atoms with Gasteiger partial charge in [-0.05, 0) is 19.0 Å². The van der Waals surface area contributed by atoms with Crippen LogP contribution in [-0.2, 0) is 4.74 Å². The standard InChI is InChI=1S/C15H22N2O/c1-17-10-8-15(9-11-17)16-14(7-12-18-15)13-5-3-2-4-6-13/h2-6,14,16H,7-12H2,1H3. The number of ether oxygens (including phenoxy) is 1. The fraction of sp³-hybridized carbons (Fsp3) is 0.600. The highest BCUT2D eigenvalue weighted by atomic mass is 16.5. The lowest BCUT2D eigenvalue weighted by Crippen LogP contribution is -2.58. The van der Waals surface area contributed by atoms with Crippen molar-refractivity contribution in [2.75, 3.05) is 26.7 Å². The van der Waals surface area contributed by atoms with Crippen molar-refractivity contribution >= 4 is 0 Å². The minimum atomic E-state index is -0.0781. The van der Waals surface area contributed by atoms with E-state index in [-0.39, 0.29) is 5.72 Å². The van der Waals surface area contributed by atoms with Gasteiger partial charge in [0.25, 0.3) is 0 Å². The summed E-state index contributed by atoms with van der Waals surface area (Å²) in [7, 11) is 2.18. The van der Waals surface area contributed by atoms with Gasteiger partial charge in [0.1, 0.15) is 5.72 Å². The van der Waals surface area contributed by atoms with E-state index in [9.17, 15) is 0 Å². The predicted molar refractivity (Wildman–Crippen MR) is 72.3 cm³/mol. The summed E-state index contributed by atoms with van der Waals surface area (Å²) in [5.41, 5.74) is 1.31. The molecule has 0 radical (unpaired) electrons. The van der Waals surface area contributed by atoms with Crippen LogP contribution in [0.3, 0.4) is 0 Å². The number of likely N-dealkylation sites (tertiary alicyclic amines) is 1. The Morgan fingerprint density at radius 1 is 1.22 bits per heavy atom. The van der Waals surface area contributed by atoms with Gasteiger partial charge >= 0.3 is 0 Å². The molecule has 0 aliphatic carbocycles. The second-order valence-electron chi connectivity index (χ2n) is 5.54. The Morgan fingerprint density at radius 3 is 2.67 bits per heavy atom. The molecule has 1 aromatic rings. The summed E-state index contributed by atoms with van der Waals surface area (Å²) in [5, 5.41) is 3.76. The van der Waals surface area contributed by atoms with Gasteiger partial charge in [-0.25, -0.2) is 0 Å². The monoisotopic (exact) mass is 246 g/mol. The lowest BCUT2D eigenvalue weighted by atomic mass is 9.94. The predicted octanol–water partition coefficient (Wildman–Crippen LogP) is 2.16. The highest BCUT2D eigenvalue weighted by Gasteiger charge is 2.39. The molecule has 3 nitrogen and oxygen atoms in total. The summed E-state index contributed by atoms with van der Waals surface area (Å²) in [6.07, 6.45) is 3.25. The van der Waals surface area contributed by atoms with Crippen molar-refractivity contribution in [3.05, 3.63) is 35.9 Å². The van der Waals surface area contributed by atoms with Gasteiger partial charge in [-0.15, -0.1) is 0 Å². The number of hydrogen-bond donors (Lipinski definition) is 1. The summed E-state index contributed by atoms with van der Waals surface area (Å²) >= 11 is 0. The Hall–Kier alpha value is -0.900. The van der Waals surface area contributed by atoms with Gasteiger partial charge in [0.2, 0.25) is 0 Å². The maximum Gasteiger partial charge on any atom is 0.122 e. The van der Waals surface area contributed by atoms with Crippen LogP contribution in [-0.4, -0.2) is 37.4 Å². The van der Waals surface area contributed by atoms with E-state index >= 15 is 0 Å². The highest BCUT2D eigenvalue weighted by molar-refractivity contribution is 5.20. The second-order valence-corrected chi connectivity index (χ2v) is 5.54. The maximum absolute atomic E-state index is 6.07. The van der Waals surface area contributed by atoms with Crippen LogP contribution in [0.2, 0.25) is 0 Å². The number of hydrogen-bond acceptors (Lipinski definition) is 3. The average Bonchev–Trinajstić information content (AvgIpc) is 2.44. The topological polar surface area (TPSA) is 24.5 Å². The molecule has 98 valence electrons. The molecule has 0 amide bonds. The molecular weight excluding hydrogens is 224 g/mol. The Labute approximate surface area is 109 Å². The zero-order valence-corrected chi connectivity index (χ0v) is 11.1. The Bertz CT molecular complexity index is 385. The molecule has 1 N–H and O–H groups in total. The first kappa shape index (κ1) is 12.2. The lowest BCUT2D eigenvalue weighted by molar-refractivity contribution is -0.138.